The molecule has 8 nitrogen and oxygen atoms in total. The maximum atomic E-state index is 9.31. The van der Waals surface area contributed by atoms with Crippen LogP contribution in [0.3, 0.4) is 0 Å². The third-order valence-corrected chi connectivity index (χ3v) is 7.76. The number of β-amino-alcohol motifs (C(OH)–C–C–N with tert-alkyl or cyclic N) is 1. The molecule has 0 aromatic carbocycles. The maximum Gasteiger partial charge on any atom is 0.230 e. The number of hydrogen-bond donors (Lipinski definition) is 2. The second-order valence-corrected chi connectivity index (χ2v) is 10.3. The van der Waals surface area contributed by atoms with Crippen LogP contribution in [0.1, 0.15) is 62.7 Å². The molecule has 1 aliphatic heterocycles. The average Bonchev–Trinajstić information content (AvgIpc) is 3.19. The standard InChI is InChI=1S/C27H33N7O/c1-17-3-6-20(7-4-17)34-23-14-28-10-9-21(23)22-13-29-27(32-26(22)34)31-24-8-5-19-16-33(11-12-35)15-18(2)25(19)30-24/h5,8-10,13-14,17-18,20,35H,3-4,6-7,11-12,15-16H2,1-2H3,(H,29,30,31,32)/t17-,18-,20-/m0/s1. The van der Waals surface area contributed by atoms with Crippen LogP contribution in [0.4, 0.5) is 11.8 Å². The quantitative estimate of drug-likeness (QED) is 0.433. The van der Waals surface area contributed by atoms with Gasteiger partial charge in [-0.15, -0.1) is 0 Å². The van der Waals surface area contributed by atoms with Gasteiger partial charge in [0.15, 0.2) is 0 Å². The third-order valence-electron chi connectivity index (χ3n) is 7.76. The van der Waals surface area contributed by atoms with Gasteiger partial charge in [-0.05, 0) is 49.3 Å². The molecular formula is C27H33N7O. The minimum atomic E-state index is 0.182. The van der Waals surface area contributed by atoms with Crippen molar-refractivity contribution in [3.05, 3.63) is 48.0 Å². The zero-order chi connectivity index (χ0) is 23.9. The van der Waals surface area contributed by atoms with Gasteiger partial charge in [-0.1, -0.05) is 19.9 Å². The molecule has 0 amide bonds. The van der Waals surface area contributed by atoms with E-state index in [4.69, 9.17) is 9.97 Å². The van der Waals surface area contributed by atoms with E-state index in [1.807, 2.05) is 24.7 Å². The molecule has 0 spiro atoms. The summed E-state index contributed by atoms with van der Waals surface area (Å²) in [4.78, 5) is 21.3. The Morgan fingerprint density at radius 1 is 1.03 bits per heavy atom. The molecule has 182 valence electrons. The highest BCUT2D eigenvalue weighted by molar-refractivity contribution is 6.06. The van der Waals surface area contributed by atoms with Crippen molar-refractivity contribution in [3.8, 4) is 0 Å². The van der Waals surface area contributed by atoms with Crippen molar-refractivity contribution in [1.82, 2.24) is 29.4 Å². The molecule has 2 N–H and O–H groups in total. The molecule has 0 unspecified atom stereocenters. The van der Waals surface area contributed by atoms with Gasteiger partial charge in [0.1, 0.15) is 11.5 Å². The van der Waals surface area contributed by atoms with E-state index in [0.717, 1.165) is 52.5 Å². The van der Waals surface area contributed by atoms with Crippen molar-refractivity contribution in [2.75, 3.05) is 25.0 Å². The minimum absolute atomic E-state index is 0.182. The maximum absolute atomic E-state index is 9.31. The summed E-state index contributed by atoms with van der Waals surface area (Å²) in [5.74, 6) is 2.43. The second kappa shape index (κ2) is 9.17. The molecule has 4 aromatic heterocycles. The van der Waals surface area contributed by atoms with Gasteiger partial charge in [0.2, 0.25) is 5.95 Å². The SMILES string of the molecule is C[C@H]1CN(CCO)Cc2ccc(Nc3ncc4c5ccncc5n([C@H]5CC[C@H](C)CC5)c4n3)nc21. The van der Waals surface area contributed by atoms with Crippen LogP contribution in [0.2, 0.25) is 0 Å². The first-order valence-electron chi connectivity index (χ1n) is 12.8. The van der Waals surface area contributed by atoms with Gasteiger partial charge in [0.25, 0.3) is 0 Å². The Bertz CT molecular complexity index is 1360. The van der Waals surface area contributed by atoms with Crippen molar-refractivity contribution >= 4 is 33.7 Å². The fourth-order valence-electron chi connectivity index (χ4n) is 5.94. The lowest BCUT2D eigenvalue weighted by Gasteiger charge is -2.32. The van der Waals surface area contributed by atoms with Gasteiger partial charge in [-0.2, -0.15) is 4.98 Å². The van der Waals surface area contributed by atoms with Crippen LogP contribution in [0.15, 0.2) is 36.8 Å². The van der Waals surface area contributed by atoms with E-state index in [2.05, 4.69) is 50.7 Å². The first-order chi connectivity index (χ1) is 17.1. The predicted molar refractivity (Wildman–Crippen MR) is 138 cm³/mol. The van der Waals surface area contributed by atoms with Crippen LogP contribution in [0.5, 0.6) is 0 Å². The van der Waals surface area contributed by atoms with Crippen molar-refractivity contribution in [3.63, 3.8) is 0 Å². The van der Waals surface area contributed by atoms with Gasteiger partial charge < -0.3 is 15.0 Å². The van der Waals surface area contributed by atoms with E-state index in [9.17, 15) is 5.11 Å². The normalized spacial score (nSPS) is 23.0. The molecule has 5 heterocycles. The number of aliphatic hydroxyl groups is 1. The number of anilines is 2. The monoisotopic (exact) mass is 471 g/mol. The van der Waals surface area contributed by atoms with E-state index in [1.54, 1.807) is 0 Å². The van der Waals surface area contributed by atoms with Gasteiger partial charge >= 0.3 is 0 Å². The molecule has 0 bridgehead atoms. The second-order valence-electron chi connectivity index (χ2n) is 10.3. The topological polar surface area (TPSA) is 92.0 Å². The number of nitrogens with one attached hydrogen (secondary N) is 1. The van der Waals surface area contributed by atoms with Crippen LogP contribution >= 0.6 is 0 Å². The van der Waals surface area contributed by atoms with Gasteiger partial charge in [0, 0.05) is 54.8 Å². The van der Waals surface area contributed by atoms with E-state index < -0.39 is 0 Å². The van der Waals surface area contributed by atoms with Crippen LogP contribution in [0.25, 0.3) is 21.9 Å². The Labute approximate surface area is 205 Å². The Morgan fingerprint density at radius 3 is 2.71 bits per heavy atom. The molecule has 1 fully saturated rings. The molecule has 0 saturated heterocycles. The van der Waals surface area contributed by atoms with Crippen LogP contribution < -0.4 is 5.32 Å². The average molecular weight is 472 g/mol. The molecule has 35 heavy (non-hydrogen) atoms. The van der Waals surface area contributed by atoms with E-state index in [-0.39, 0.29) is 6.61 Å². The molecule has 1 saturated carbocycles. The lowest BCUT2D eigenvalue weighted by Crippen LogP contribution is -2.35. The smallest absolute Gasteiger partial charge is 0.230 e. The number of hydrogen-bond acceptors (Lipinski definition) is 7. The summed E-state index contributed by atoms with van der Waals surface area (Å²) in [6.07, 6.45) is 10.6. The van der Waals surface area contributed by atoms with Gasteiger partial charge in [0.05, 0.1) is 24.0 Å². The third kappa shape index (κ3) is 4.15. The molecule has 1 aliphatic carbocycles. The number of pyridine rings is 2. The summed E-state index contributed by atoms with van der Waals surface area (Å²) < 4.78 is 2.40. The molecule has 0 radical (unpaired) electrons. The van der Waals surface area contributed by atoms with E-state index >= 15 is 0 Å². The highest BCUT2D eigenvalue weighted by Gasteiger charge is 2.26. The highest BCUT2D eigenvalue weighted by Crippen LogP contribution is 2.38. The van der Waals surface area contributed by atoms with Gasteiger partial charge in [-0.25, -0.2) is 9.97 Å². The first kappa shape index (κ1) is 22.4. The minimum Gasteiger partial charge on any atom is -0.395 e. The largest absolute Gasteiger partial charge is 0.395 e. The van der Waals surface area contributed by atoms with Crippen molar-refractivity contribution < 1.29 is 5.11 Å². The van der Waals surface area contributed by atoms with Gasteiger partial charge in [-0.3, -0.25) is 9.88 Å². The molecule has 2 aliphatic rings. The van der Waals surface area contributed by atoms with E-state index in [1.165, 1.54) is 31.2 Å². The molecular weight excluding hydrogens is 438 g/mol. The molecule has 1 atom stereocenters. The molecule has 8 heteroatoms. The van der Waals surface area contributed by atoms with Crippen LogP contribution in [0, 0.1) is 5.92 Å². The number of fused-ring (bicyclic) bond motifs is 4. The Hall–Kier alpha value is -3.10. The first-order valence-corrected chi connectivity index (χ1v) is 12.8. The summed E-state index contributed by atoms with van der Waals surface area (Å²) in [6.45, 7) is 7.15. The number of aromatic nitrogens is 5. The van der Waals surface area contributed by atoms with Crippen molar-refractivity contribution in [1.29, 1.82) is 0 Å². The Balaban J connectivity index is 1.35. The lowest BCUT2D eigenvalue weighted by molar-refractivity contribution is 0.173. The summed E-state index contributed by atoms with van der Waals surface area (Å²) in [6, 6.07) is 6.64. The zero-order valence-corrected chi connectivity index (χ0v) is 20.5. The highest BCUT2D eigenvalue weighted by atomic mass is 16.3. The lowest BCUT2D eigenvalue weighted by atomic mass is 9.87. The van der Waals surface area contributed by atoms with Crippen LogP contribution in [-0.4, -0.2) is 54.2 Å². The van der Waals surface area contributed by atoms with Crippen molar-refractivity contribution in [2.45, 2.75) is 58.0 Å². The Kier molecular flexibility index (Phi) is 5.86. The summed E-state index contributed by atoms with van der Waals surface area (Å²) >= 11 is 0. The summed E-state index contributed by atoms with van der Waals surface area (Å²) in [7, 11) is 0. The number of rotatable bonds is 5. The Morgan fingerprint density at radius 2 is 1.89 bits per heavy atom. The van der Waals surface area contributed by atoms with Crippen LogP contribution in [-0.2, 0) is 6.54 Å². The zero-order valence-electron chi connectivity index (χ0n) is 20.5. The molecule has 4 aromatic rings. The molecule has 6 rings (SSSR count). The fraction of sp³-hybridized carbons (Fsp3) is 0.481. The summed E-state index contributed by atoms with van der Waals surface area (Å²) in [5.41, 5.74) is 4.44. The fourth-order valence-corrected chi connectivity index (χ4v) is 5.94. The summed E-state index contributed by atoms with van der Waals surface area (Å²) in [5, 5.41) is 14.9. The number of nitrogens with zero attached hydrogens (tertiary/aromatic N) is 6. The number of aliphatic hydroxyl groups excluding tert-OH is 1. The van der Waals surface area contributed by atoms with Crippen molar-refractivity contribution in [2.24, 2.45) is 5.92 Å². The van der Waals surface area contributed by atoms with E-state index in [0.29, 0.717) is 24.5 Å². The predicted octanol–water partition coefficient (Wildman–Crippen LogP) is 4.78.